The molecule has 0 aromatic carbocycles. The van der Waals surface area contributed by atoms with E-state index in [4.69, 9.17) is 5.73 Å². The Balaban J connectivity index is 1.63. The molecule has 0 aromatic rings. The van der Waals surface area contributed by atoms with Crippen LogP contribution >= 0.6 is 0 Å². The molecule has 5 rings (SSSR count). The average molecular weight is 465 g/mol. The Hall–Kier alpha value is -1.47. The number of nitrogens with two attached hydrogens (primary N) is 1. The van der Waals surface area contributed by atoms with E-state index in [0.717, 1.165) is 44.9 Å². The van der Waals surface area contributed by atoms with Crippen LogP contribution in [0.4, 0.5) is 0 Å². The molecule has 4 fully saturated rings. The predicted octanol–water partition coefficient (Wildman–Crippen LogP) is 6.00. The van der Waals surface area contributed by atoms with Crippen molar-refractivity contribution in [2.24, 2.45) is 56.5 Å². The zero-order valence-corrected chi connectivity index (χ0v) is 22.4. The first-order valence-corrected chi connectivity index (χ1v) is 13.6. The Morgan fingerprint density at radius 1 is 0.912 bits per heavy atom. The number of nitrogens with zero attached hydrogens (tertiary/aromatic N) is 1. The summed E-state index contributed by atoms with van der Waals surface area (Å²) < 4.78 is 0. The summed E-state index contributed by atoms with van der Waals surface area (Å²) in [5.74, 6) is 0.935. The van der Waals surface area contributed by atoms with Crippen molar-refractivity contribution in [2.75, 3.05) is 0 Å². The molecule has 4 unspecified atom stereocenters. The van der Waals surface area contributed by atoms with Crippen molar-refractivity contribution in [2.45, 2.75) is 105 Å². The topological polar surface area (TPSA) is 83.9 Å². The highest BCUT2D eigenvalue weighted by atomic mass is 16.1. The third-order valence-corrected chi connectivity index (χ3v) is 12.5. The number of carbonyl (C=O) groups is 2. The van der Waals surface area contributed by atoms with Crippen molar-refractivity contribution in [3.63, 3.8) is 0 Å². The Morgan fingerprint density at radius 3 is 2.21 bits per heavy atom. The minimum absolute atomic E-state index is 0.0184. The molecule has 0 spiro atoms. The van der Waals surface area contributed by atoms with Crippen molar-refractivity contribution in [3.05, 3.63) is 11.6 Å². The molecule has 4 nitrogen and oxygen atoms in total. The van der Waals surface area contributed by atoms with E-state index >= 15 is 0 Å². The Kier molecular flexibility index (Phi) is 4.88. The third-order valence-electron chi connectivity index (χ3n) is 12.5. The first-order chi connectivity index (χ1) is 15.6. The van der Waals surface area contributed by atoms with Gasteiger partial charge in [-0.15, -0.1) is 0 Å². The van der Waals surface area contributed by atoms with Crippen molar-refractivity contribution >= 4 is 11.6 Å². The number of hydrogen-bond donors (Lipinski definition) is 1. The fourth-order valence-corrected chi connectivity index (χ4v) is 10.3. The summed E-state index contributed by atoms with van der Waals surface area (Å²) in [7, 11) is 0. The molecule has 0 aromatic heterocycles. The van der Waals surface area contributed by atoms with E-state index in [1.54, 1.807) is 0 Å². The summed E-state index contributed by atoms with van der Waals surface area (Å²) in [4.78, 5) is 27.4. The molecular weight excluding hydrogens is 420 g/mol. The van der Waals surface area contributed by atoms with Crippen LogP contribution in [0.5, 0.6) is 0 Å². The molecule has 0 bridgehead atoms. The summed E-state index contributed by atoms with van der Waals surface area (Å²) >= 11 is 0. The Morgan fingerprint density at radius 2 is 1.56 bits per heavy atom. The maximum Gasteiger partial charge on any atom is 0.178 e. The van der Waals surface area contributed by atoms with Gasteiger partial charge in [0.15, 0.2) is 5.78 Å². The number of fused-ring (bicyclic) bond motifs is 7. The molecule has 0 amide bonds. The molecule has 0 heterocycles. The lowest BCUT2D eigenvalue weighted by atomic mass is 9.32. The van der Waals surface area contributed by atoms with Gasteiger partial charge in [-0.25, -0.2) is 0 Å². The summed E-state index contributed by atoms with van der Waals surface area (Å²) in [6.45, 7) is 15.8. The van der Waals surface area contributed by atoms with Gasteiger partial charge in [-0.05, 0) is 84.4 Å². The van der Waals surface area contributed by atoms with Crippen LogP contribution in [-0.4, -0.2) is 17.1 Å². The van der Waals surface area contributed by atoms with E-state index in [2.05, 4.69) is 40.7 Å². The monoisotopic (exact) mass is 464 g/mol. The number of ketones is 2. The van der Waals surface area contributed by atoms with Gasteiger partial charge in [0.1, 0.15) is 11.9 Å². The standard InChI is InChI=1S/C30H44N2O2/c1-25(2)10-12-30(32)13-11-29(7)23(19(30)16-25)20(33)14-22-27(5)15-18(17-31)24(34)26(3,4)21(27)8-9-28(22,29)6/h15,19,21-23H,8-14,16,32H2,1-7H3/t19?,21?,22?,23?,27-,28+,29+,30-/m0/s1. The van der Waals surface area contributed by atoms with Crippen LogP contribution in [0, 0.1) is 62.1 Å². The van der Waals surface area contributed by atoms with Gasteiger partial charge < -0.3 is 5.73 Å². The molecule has 186 valence electrons. The SMILES string of the molecule is CC1(C)CC[C@]2(N)CC[C@]3(C)C(C(=O)CC4[C@@]5(C)C=C(C#N)C(=O)C(C)(C)C5CC[C@]43C)C2C1. The smallest absolute Gasteiger partial charge is 0.178 e. The van der Waals surface area contributed by atoms with Gasteiger partial charge in [0, 0.05) is 23.3 Å². The number of hydrogen-bond acceptors (Lipinski definition) is 4. The summed E-state index contributed by atoms with van der Waals surface area (Å²) in [6.07, 6.45) is 9.76. The highest BCUT2D eigenvalue weighted by Gasteiger charge is 2.71. The molecule has 0 aliphatic heterocycles. The number of Topliss-reactive ketones (excluding diaryl/α,β-unsaturated/α-hetero) is 2. The van der Waals surface area contributed by atoms with E-state index in [-0.39, 0.29) is 56.7 Å². The van der Waals surface area contributed by atoms with E-state index in [1.807, 2.05) is 19.9 Å². The normalized spacial score (nSPS) is 51.2. The fraction of sp³-hybridized carbons (Fsp3) is 0.833. The second-order valence-electron chi connectivity index (χ2n) is 14.9. The molecule has 2 N–H and O–H groups in total. The molecule has 4 heteroatoms. The molecule has 34 heavy (non-hydrogen) atoms. The largest absolute Gasteiger partial charge is 0.325 e. The van der Waals surface area contributed by atoms with E-state index in [9.17, 15) is 14.9 Å². The van der Waals surface area contributed by atoms with Crippen LogP contribution in [0.1, 0.15) is 99.8 Å². The number of rotatable bonds is 0. The first-order valence-electron chi connectivity index (χ1n) is 13.6. The minimum Gasteiger partial charge on any atom is -0.325 e. The molecule has 8 atom stereocenters. The van der Waals surface area contributed by atoms with Crippen LogP contribution in [0.2, 0.25) is 0 Å². The van der Waals surface area contributed by atoms with Gasteiger partial charge >= 0.3 is 0 Å². The van der Waals surface area contributed by atoms with Crippen molar-refractivity contribution in [1.82, 2.24) is 0 Å². The maximum atomic E-state index is 14.2. The lowest BCUT2D eigenvalue weighted by Crippen LogP contribution is -2.71. The molecule has 5 aliphatic rings. The van der Waals surface area contributed by atoms with Crippen LogP contribution in [0.3, 0.4) is 0 Å². The Labute approximate surface area is 206 Å². The summed E-state index contributed by atoms with van der Waals surface area (Å²) in [5.41, 5.74) is 6.38. The quantitative estimate of drug-likeness (QED) is 0.477. The lowest BCUT2D eigenvalue weighted by Gasteiger charge is -2.71. The van der Waals surface area contributed by atoms with E-state index < -0.39 is 5.41 Å². The second-order valence-corrected chi connectivity index (χ2v) is 14.9. The summed E-state index contributed by atoms with van der Waals surface area (Å²) in [6, 6.07) is 2.21. The molecule has 0 radical (unpaired) electrons. The van der Waals surface area contributed by atoms with Gasteiger partial charge in [-0.1, -0.05) is 54.5 Å². The minimum atomic E-state index is -0.580. The number of carbonyl (C=O) groups excluding carboxylic acids is 2. The molecule has 4 saturated carbocycles. The number of nitriles is 1. The maximum absolute atomic E-state index is 14.2. The van der Waals surface area contributed by atoms with Crippen LogP contribution in [0.25, 0.3) is 0 Å². The highest BCUT2D eigenvalue weighted by molar-refractivity contribution is 6.04. The second kappa shape index (κ2) is 6.84. The molecular formula is C30H44N2O2. The average Bonchev–Trinajstić information content (AvgIpc) is 2.74. The lowest BCUT2D eigenvalue weighted by molar-refractivity contribution is -0.212. The highest BCUT2D eigenvalue weighted by Crippen LogP contribution is 2.74. The van der Waals surface area contributed by atoms with Crippen LogP contribution in [-0.2, 0) is 9.59 Å². The zero-order chi connectivity index (χ0) is 25.1. The summed E-state index contributed by atoms with van der Waals surface area (Å²) in [5, 5.41) is 9.84. The van der Waals surface area contributed by atoms with E-state index in [1.165, 1.54) is 0 Å². The molecule has 5 aliphatic carbocycles. The van der Waals surface area contributed by atoms with Crippen molar-refractivity contribution in [1.29, 1.82) is 5.26 Å². The first kappa shape index (κ1) is 24.2. The van der Waals surface area contributed by atoms with E-state index in [0.29, 0.717) is 17.8 Å². The van der Waals surface area contributed by atoms with Crippen molar-refractivity contribution < 1.29 is 9.59 Å². The zero-order valence-electron chi connectivity index (χ0n) is 22.4. The van der Waals surface area contributed by atoms with Gasteiger partial charge in [0.05, 0.1) is 5.57 Å². The van der Waals surface area contributed by atoms with Gasteiger partial charge in [0.2, 0.25) is 0 Å². The fourth-order valence-electron chi connectivity index (χ4n) is 10.3. The predicted molar refractivity (Wildman–Crippen MR) is 133 cm³/mol. The van der Waals surface area contributed by atoms with Crippen LogP contribution in [0.15, 0.2) is 11.6 Å². The molecule has 0 saturated heterocycles. The van der Waals surface area contributed by atoms with Crippen LogP contribution < -0.4 is 5.73 Å². The third kappa shape index (κ3) is 2.80. The van der Waals surface area contributed by atoms with Gasteiger partial charge in [-0.3, -0.25) is 9.59 Å². The number of allylic oxidation sites excluding steroid dienone is 2. The van der Waals surface area contributed by atoms with Gasteiger partial charge in [0.25, 0.3) is 0 Å². The van der Waals surface area contributed by atoms with Crippen molar-refractivity contribution in [3.8, 4) is 6.07 Å². The van der Waals surface area contributed by atoms with Gasteiger partial charge in [-0.2, -0.15) is 5.26 Å². The Bertz CT molecular complexity index is 1030.